The highest BCUT2D eigenvalue weighted by Gasteiger charge is 2.38. The summed E-state index contributed by atoms with van der Waals surface area (Å²) in [4.78, 5) is 14.0. The Morgan fingerprint density at radius 2 is 2.07 bits per heavy atom. The quantitative estimate of drug-likeness (QED) is 0.678. The Kier molecular flexibility index (Phi) is 4.44. The number of carbonyl (C=O) groups is 1. The molecular formula is C10H17Br2NO. The van der Waals surface area contributed by atoms with Crippen LogP contribution in [0.2, 0.25) is 0 Å². The molecule has 1 rings (SSSR count). The zero-order chi connectivity index (χ0) is 10.9. The first-order valence-corrected chi connectivity index (χ1v) is 7.01. The van der Waals surface area contributed by atoms with Gasteiger partial charge in [-0.3, -0.25) is 4.79 Å². The Morgan fingerprint density at radius 3 is 2.50 bits per heavy atom. The molecule has 0 bridgehead atoms. The van der Waals surface area contributed by atoms with E-state index in [4.69, 9.17) is 0 Å². The molecule has 4 unspecified atom stereocenters. The van der Waals surface area contributed by atoms with E-state index in [1.54, 1.807) is 6.92 Å². The summed E-state index contributed by atoms with van der Waals surface area (Å²) in [5.74, 6) is 0.699. The van der Waals surface area contributed by atoms with E-state index in [1.165, 1.54) is 0 Å². The maximum Gasteiger partial charge on any atom is 0.219 e. The van der Waals surface area contributed by atoms with Gasteiger partial charge < -0.3 is 4.90 Å². The minimum Gasteiger partial charge on any atom is -0.337 e. The van der Waals surface area contributed by atoms with Crippen LogP contribution < -0.4 is 0 Å². The number of amides is 1. The fraction of sp³-hybridized carbons (Fsp3) is 0.900. The van der Waals surface area contributed by atoms with Crippen LogP contribution in [0.25, 0.3) is 0 Å². The number of hydrogen-bond acceptors (Lipinski definition) is 1. The largest absolute Gasteiger partial charge is 0.337 e. The van der Waals surface area contributed by atoms with Crippen LogP contribution in [0.15, 0.2) is 0 Å². The Morgan fingerprint density at radius 1 is 1.50 bits per heavy atom. The highest BCUT2D eigenvalue weighted by molar-refractivity contribution is 9.10. The first-order valence-electron chi connectivity index (χ1n) is 4.98. The highest BCUT2D eigenvalue weighted by atomic mass is 79.9. The molecule has 82 valence electrons. The maximum atomic E-state index is 11.5. The first-order chi connectivity index (χ1) is 6.49. The molecule has 0 radical (unpaired) electrons. The van der Waals surface area contributed by atoms with Gasteiger partial charge in [0.15, 0.2) is 0 Å². The number of rotatable bonds is 1. The second-order valence-electron chi connectivity index (χ2n) is 4.09. The van der Waals surface area contributed by atoms with E-state index in [9.17, 15) is 4.79 Å². The summed E-state index contributed by atoms with van der Waals surface area (Å²) >= 11 is 7.22. The first kappa shape index (κ1) is 12.5. The van der Waals surface area contributed by atoms with Crippen molar-refractivity contribution in [1.29, 1.82) is 0 Å². The van der Waals surface area contributed by atoms with Crippen LogP contribution in [0.1, 0.15) is 27.2 Å². The van der Waals surface area contributed by atoms with Gasteiger partial charge in [0.25, 0.3) is 0 Å². The predicted molar refractivity (Wildman–Crippen MR) is 66.1 cm³/mol. The fourth-order valence-corrected chi connectivity index (χ4v) is 5.01. The minimum absolute atomic E-state index is 0.190. The van der Waals surface area contributed by atoms with Crippen molar-refractivity contribution in [2.75, 3.05) is 5.33 Å². The van der Waals surface area contributed by atoms with Crippen molar-refractivity contribution in [3.8, 4) is 0 Å². The Bertz CT molecular complexity index is 222. The summed E-state index contributed by atoms with van der Waals surface area (Å²) in [5.41, 5.74) is 0. The zero-order valence-corrected chi connectivity index (χ0v) is 12.0. The molecule has 0 spiro atoms. The van der Waals surface area contributed by atoms with Gasteiger partial charge in [-0.1, -0.05) is 31.9 Å². The van der Waals surface area contributed by atoms with E-state index in [2.05, 4.69) is 45.7 Å². The summed E-state index contributed by atoms with van der Waals surface area (Å²) < 4.78 is 0. The molecule has 0 aromatic carbocycles. The van der Waals surface area contributed by atoms with Gasteiger partial charge in [-0.25, -0.2) is 0 Å². The van der Waals surface area contributed by atoms with Crippen LogP contribution in [-0.2, 0) is 4.79 Å². The number of alkyl halides is 2. The van der Waals surface area contributed by atoms with E-state index in [0.717, 1.165) is 11.8 Å². The molecule has 2 nitrogen and oxygen atoms in total. The monoisotopic (exact) mass is 325 g/mol. The summed E-state index contributed by atoms with van der Waals surface area (Å²) in [6.07, 6.45) is 1.04. The second-order valence-corrected chi connectivity index (χ2v) is 5.91. The van der Waals surface area contributed by atoms with Crippen molar-refractivity contribution in [2.24, 2.45) is 5.92 Å². The van der Waals surface area contributed by atoms with Crippen molar-refractivity contribution in [3.63, 3.8) is 0 Å². The topological polar surface area (TPSA) is 20.3 Å². The average molecular weight is 327 g/mol. The van der Waals surface area contributed by atoms with Gasteiger partial charge in [0, 0.05) is 35.1 Å². The number of likely N-dealkylation sites (tertiary alicyclic amines) is 1. The molecule has 0 saturated carbocycles. The molecule has 1 saturated heterocycles. The van der Waals surface area contributed by atoms with Gasteiger partial charge in [-0.15, -0.1) is 0 Å². The summed E-state index contributed by atoms with van der Waals surface area (Å²) in [7, 11) is 0. The smallest absolute Gasteiger partial charge is 0.219 e. The molecule has 1 amide bonds. The number of halogens is 2. The van der Waals surface area contributed by atoms with E-state index in [1.807, 2.05) is 4.90 Å². The van der Waals surface area contributed by atoms with Crippen molar-refractivity contribution in [3.05, 3.63) is 0 Å². The van der Waals surface area contributed by atoms with Crippen LogP contribution in [0.4, 0.5) is 0 Å². The van der Waals surface area contributed by atoms with Crippen LogP contribution in [0, 0.1) is 5.92 Å². The molecule has 14 heavy (non-hydrogen) atoms. The minimum atomic E-state index is 0.190. The second kappa shape index (κ2) is 4.97. The molecule has 1 aliphatic heterocycles. The number of piperidine rings is 1. The fourth-order valence-electron chi connectivity index (χ4n) is 2.35. The standard InChI is InChI=1S/C10H17Br2NO/c1-6-4-10(12)9(5-11)7(2)13(6)8(3)14/h6-7,9-10H,4-5H2,1-3H3. The molecule has 1 fully saturated rings. The molecule has 1 heterocycles. The van der Waals surface area contributed by atoms with Gasteiger partial charge in [-0.05, 0) is 20.3 Å². The van der Waals surface area contributed by atoms with Gasteiger partial charge in [0.05, 0.1) is 0 Å². The molecule has 4 heteroatoms. The number of nitrogens with zero attached hydrogens (tertiary/aromatic N) is 1. The van der Waals surface area contributed by atoms with E-state index in [-0.39, 0.29) is 5.91 Å². The SMILES string of the molecule is CC(=O)N1C(C)CC(Br)C(CBr)C1C. The van der Waals surface area contributed by atoms with Crippen LogP contribution in [0.3, 0.4) is 0 Å². The van der Waals surface area contributed by atoms with Crippen molar-refractivity contribution in [1.82, 2.24) is 4.90 Å². The summed E-state index contributed by atoms with van der Waals surface area (Å²) in [6, 6.07) is 0.669. The Hall–Kier alpha value is 0.430. The molecule has 4 atom stereocenters. The number of hydrogen-bond donors (Lipinski definition) is 0. The molecule has 0 aliphatic carbocycles. The molecule has 0 aromatic rings. The van der Waals surface area contributed by atoms with Gasteiger partial charge in [0.1, 0.15) is 0 Å². The summed E-state index contributed by atoms with van der Waals surface area (Å²) in [5, 5.41) is 0.945. The Labute approximate surface area is 103 Å². The zero-order valence-electron chi connectivity index (χ0n) is 8.84. The van der Waals surface area contributed by atoms with Gasteiger partial charge >= 0.3 is 0 Å². The van der Waals surface area contributed by atoms with Crippen molar-refractivity contribution < 1.29 is 4.79 Å². The average Bonchev–Trinajstić information content (AvgIpc) is 2.02. The highest BCUT2D eigenvalue weighted by Crippen LogP contribution is 2.33. The third-order valence-corrected chi connectivity index (χ3v) is 4.91. The molecular weight excluding hydrogens is 310 g/mol. The van der Waals surface area contributed by atoms with E-state index < -0.39 is 0 Å². The lowest BCUT2D eigenvalue weighted by atomic mass is 9.88. The van der Waals surface area contributed by atoms with Crippen LogP contribution >= 0.6 is 31.9 Å². The van der Waals surface area contributed by atoms with Gasteiger partial charge in [0.2, 0.25) is 5.91 Å². The lowest BCUT2D eigenvalue weighted by Gasteiger charge is -2.45. The van der Waals surface area contributed by atoms with E-state index in [0.29, 0.717) is 22.8 Å². The third-order valence-electron chi connectivity index (χ3n) is 3.11. The van der Waals surface area contributed by atoms with Crippen molar-refractivity contribution in [2.45, 2.75) is 44.1 Å². The van der Waals surface area contributed by atoms with Gasteiger partial charge in [-0.2, -0.15) is 0 Å². The number of carbonyl (C=O) groups excluding carboxylic acids is 1. The molecule has 0 aromatic heterocycles. The van der Waals surface area contributed by atoms with Crippen LogP contribution in [0.5, 0.6) is 0 Å². The normalized spacial score (nSPS) is 38.5. The lowest BCUT2D eigenvalue weighted by molar-refractivity contribution is -0.136. The maximum absolute atomic E-state index is 11.5. The van der Waals surface area contributed by atoms with E-state index >= 15 is 0 Å². The van der Waals surface area contributed by atoms with Crippen molar-refractivity contribution >= 4 is 37.8 Å². The molecule has 0 N–H and O–H groups in total. The lowest BCUT2D eigenvalue weighted by Crippen LogP contribution is -2.54. The summed E-state index contributed by atoms with van der Waals surface area (Å²) in [6.45, 7) is 5.92. The Balaban J connectivity index is 2.82. The predicted octanol–water partition coefficient (Wildman–Crippen LogP) is 2.79. The third kappa shape index (κ3) is 2.32. The molecule has 1 aliphatic rings. The van der Waals surface area contributed by atoms with Crippen LogP contribution in [-0.4, -0.2) is 33.0 Å².